The zero-order valence-electron chi connectivity index (χ0n) is 20.2. The number of anilines is 1. The first-order chi connectivity index (χ1) is 17.7. The number of benzene rings is 2. The fourth-order valence-corrected chi connectivity index (χ4v) is 4.43. The monoisotopic (exact) mass is 497 g/mol. The molecule has 2 aliphatic rings. The van der Waals surface area contributed by atoms with Gasteiger partial charge in [0, 0.05) is 24.2 Å². The summed E-state index contributed by atoms with van der Waals surface area (Å²) in [6.07, 6.45) is 1.96. The molecule has 37 heavy (non-hydrogen) atoms. The third-order valence-corrected chi connectivity index (χ3v) is 6.64. The van der Waals surface area contributed by atoms with Gasteiger partial charge in [-0.25, -0.2) is 4.68 Å². The van der Waals surface area contributed by atoms with Gasteiger partial charge < -0.3 is 10.2 Å². The molecule has 11 nitrogen and oxygen atoms in total. The molecule has 2 N–H and O–H groups in total. The van der Waals surface area contributed by atoms with E-state index in [0.29, 0.717) is 22.5 Å². The van der Waals surface area contributed by atoms with Gasteiger partial charge in [0.05, 0.1) is 23.4 Å². The summed E-state index contributed by atoms with van der Waals surface area (Å²) in [5, 5.41) is 22.4. The van der Waals surface area contributed by atoms with Crippen molar-refractivity contribution in [2.45, 2.75) is 44.7 Å². The molecule has 1 aromatic heterocycles. The third-order valence-electron chi connectivity index (χ3n) is 6.64. The first kappa shape index (κ1) is 23.9. The lowest BCUT2D eigenvalue weighted by Crippen LogP contribution is -2.52. The fourth-order valence-electron chi connectivity index (χ4n) is 4.43. The average Bonchev–Trinajstić information content (AvgIpc) is 3.50. The standard InChI is InChI=1S/C26H23N7O4/c1-26(2,14-27)16-3-5-17(6-4-16)28-23(35)20-13-33(31-30-20)18-7-8-19-15(11-18)12-32(25(19)37)21-9-10-22(34)29-24(21)36/h3-8,11,13,21H,9-10,12H2,1-2H3,(H,28,35)(H,29,34,36). The SMILES string of the molecule is CC(C)(C#N)c1ccc(NC(=O)c2cn(-c3ccc4c(c3)CN(C3CCC(=O)NC3=O)C4=O)nn2)cc1. The molecule has 3 heterocycles. The molecule has 1 atom stereocenters. The Kier molecular flexibility index (Phi) is 5.79. The number of aromatic nitrogens is 3. The molecule has 2 aliphatic heterocycles. The Hall–Kier alpha value is -4.85. The molecule has 4 amide bonds. The molecule has 186 valence electrons. The van der Waals surface area contributed by atoms with Gasteiger partial charge in [-0.2, -0.15) is 5.26 Å². The van der Waals surface area contributed by atoms with E-state index in [-0.39, 0.29) is 36.9 Å². The number of nitrogens with zero attached hydrogens (tertiary/aromatic N) is 5. The molecule has 0 radical (unpaired) electrons. The lowest BCUT2D eigenvalue weighted by Gasteiger charge is -2.29. The quantitative estimate of drug-likeness (QED) is 0.512. The molecule has 0 aliphatic carbocycles. The highest BCUT2D eigenvalue weighted by molar-refractivity contribution is 6.05. The van der Waals surface area contributed by atoms with Crippen molar-refractivity contribution >= 4 is 29.3 Å². The molecule has 1 unspecified atom stereocenters. The van der Waals surface area contributed by atoms with Crippen LogP contribution in [0, 0.1) is 11.3 Å². The summed E-state index contributed by atoms with van der Waals surface area (Å²) in [7, 11) is 0. The number of piperidine rings is 1. The summed E-state index contributed by atoms with van der Waals surface area (Å²) < 4.78 is 1.44. The van der Waals surface area contributed by atoms with E-state index in [0.717, 1.165) is 5.56 Å². The summed E-state index contributed by atoms with van der Waals surface area (Å²) in [6.45, 7) is 3.87. The van der Waals surface area contributed by atoms with Gasteiger partial charge in [-0.1, -0.05) is 17.3 Å². The number of imide groups is 1. The number of nitriles is 1. The molecular weight excluding hydrogens is 474 g/mol. The number of hydrogen-bond acceptors (Lipinski definition) is 7. The Labute approximate surface area is 212 Å². The van der Waals surface area contributed by atoms with Crippen molar-refractivity contribution in [1.29, 1.82) is 5.26 Å². The number of fused-ring (bicyclic) bond motifs is 1. The topological polar surface area (TPSA) is 150 Å². The molecule has 5 rings (SSSR count). The minimum absolute atomic E-state index is 0.100. The van der Waals surface area contributed by atoms with Crippen LogP contribution in [0.1, 0.15) is 58.7 Å². The van der Waals surface area contributed by atoms with Crippen molar-refractivity contribution in [1.82, 2.24) is 25.2 Å². The van der Waals surface area contributed by atoms with Gasteiger partial charge in [-0.3, -0.25) is 24.5 Å². The highest BCUT2D eigenvalue weighted by Gasteiger charge is 2.39. The lowest BCUT2D eigenvalue weighted by molar-refractivity contribution is -0.136. The Morgan fingerprint density at radius 3 is 2.62 bits per heavy atom. The lowest BCUT2D eigenvalue weighted by atomic mass is 9.86. The Bertz CT molecular complexity index is 1480. The maximum Gasteiger partial charge on any atom is 0.277 e. The summed E-state index contributed by atoms with van der Waals surface area (Å²) in [5.41, 5.74) is 2.66. The average molecular weight is 498 g/mol. The van der Waals surface area contributed by atoms with Crippen LogP contribution in [0.5, 0.6) is 0 Å². The second-order valence-electron chi connectivity index (χ2n) is 9.56. The number of rotatable bonds is 5. The molecular formula is C26H23N7O4. The second kappa shape index (κ2) is 8.98. The van der Waals surface area contributed by atoms with Gasteiger partial charge in [0.1, 0.15) is 6.04 Å². The molecule has 1 fully saturated rings. The van der Waals surface area contributed by atoms with E-state index >= 15 is 0 Å². The Morgan fingerprint density at radius 1 is 1.16 bits per heavy atom. The van der Waals surface area contributed by atoms with E-state index < -0.39 is 23.3 Å². The molecule has 3 aromatic rings. The van der Waals surface area contributed by atoms with Gasteiger partial charge in [-0.15, -0.1) is 5.10 Å². The van der Waals surface area contributed by atoms with Crippen LogP contribution in [0.3, 0.4) is 0 Å². The van der Waals surface area contributed by atoms with Crippen molar-refractivity contribution < 1.29 is 19.2 Å². The van der Waals surface area contributed by atoms with Crippen LogP contribution in [-0.2, 0) is 21.5 Å². The smallest absolute Gasteiger partial charge is 0.277 e. The van der Waals surface area contributed by atoms with Crippen LogP contribution in [0.25, 0.3) is 5.69 Å². The van der Waals surface area contributed by atoms with E-state index in [1.807, 2.05) is 13.8 Å². The summed E-state index contributed by atoms with van der Waals surface area (Å²) in [4.78, 5) is 50.8. The van der Waals surface area contributed by atoms with E-state index in [1.54, 1.807) is 42.5 Å². The van der Waals surface area contributed by atoms with E-state index in [9.17, 15) is 24.4 Å². The highest BCUT2D eigenvalue weighted by Crippen LogP contribution is 2.29. The minimum atomic E-state index is -0.692. The minimum Gasteiger partial charge on any atom is -0.322 e. The fraction of sp³-hybridized carbons (Fsp3) is 0.269. The van der Waals surface area contributed by atoms with E-state index in [2.05, 4.69) is 27.0 Å². The Morgan fingerprint density at radius 2 is 1.92 bits per heavy atom. The molecule has 11 heteroatoms. The van der Waals surface area contributed by atoms with Crippen LogP contribution in [-0.4, -0.2) is 49.6 Å². The number of amides is 4. The molecule has 0 saturated carbocycles. The zero-order valence-corrected chi connectivity index (χ0v) is 20.2. The maximum atomic E-state index is 12.9. The van der Waals surface area contributed by atoms with Crippen LogP contribution >= 0.6 is 0 Å². The number of nitrogens with one attached hydrogen (secondary N) is 2. The number of carbonyl (C=O) groups is 4. The summed E-state index contributed by atoms with van der Waals surface area (Å²) in [6, 6.07) is 13.7. The van der Waals surface area contributed by atoms with Crippen molar-refractivity contribution in [2.24, 2.45) is 0 Å². The molecule has 2 aromatic carbocycles. The molecule has 0 spiro atoms. The predicted octanol–water partition coefficient (Wildman–Crippen LogP) is 2.08. The van der Waals surface area contributed by atoms with Gasteiger partial charge in [-0.05, 0) is 61.7 Å². The predicted molar refractivity (Wildman–Crippen MR) is 130 cm³/mol. The molecule has 1 saturated heterocycles. The van der Waals surface area contributed by atoms with Crippen LogP contribution in [0.2, 0.25) is 0 Å². The normalized spacial score (nSPS) is 17.3. The first-order valence-corrected chi connectivity index (χ1v) is 11.7. The van der Waals surface area contributed by atoms with E-state index in [1.165, 1.54) is 15.8 Å². The van der Waals surface area contributed by atoms with Crippen molar-refractivity contribution in [2.75, 3.05) is 5.32 Å². The third kappa shape index (κ3) is 4.45. The highest BCUT2D eigenvalue weighted by atomic mass is 16.2. The zero-order chi connectivity index (χ0) is 26.3. The van der Waals surface area contributed by atoms with Crippen molar-refractivity contribution in [3.63, 3.8) is 0 Å². The molecule has 0 bridgehead atoms. The van der Waals surface area contributed by atoms with Crippen LogP contribution in [0.15, 0.2) is 48.7 Å². The van der Waals surface area contributed by atoms with Crippen LogP contribution in [0.4, 0.5) is 5.69 Å². The summed E-state index contributed by atoms with van der Waals surface area (Å²) in [5.74, 6) is -1.51. The van der Waals surface area contributed by atoms with Gasteiger partial charge in [0.2, 0.25) is 11.8 Å². The summed E-state index contributed by atoms with van der Waals surface area (Å²) >= 11 is 0. The first-order valence-electron chi connectivity index (χ1n) is 11.7. The Balaban J connectivity index is 1.29. The van der Waals surface area contributed by atoms with E-state index in [4.69, 9.17) is 0 Å². The maximum absolute atomic E-state index is 12.9. The largest absolute Gasteiger partial charge is 0.322 e. The number of carbonyl (C=O) groups excluding carboxylic acids is 4. The van der Waals surface area contributed by atoms with Crippen LogP contribution < -0.4 is 10.6 Å². The van der Waals surface area contributed by atoms with Gasteiger partial charge in [0.25, 0.3) is 11.8 Å². The number of hydrogen-bond donors (Lipinski definition) is 2. The van der Waals surface area contributed by atoms with Crippen molar-refractivity contribution in [3.05, 3.63) is 71.0 Å². The van der Waals surface area contributed by atoms with Crippen molar-refractivity contribution in [3.8, 4) is 11.8 Å². The second-order valence-corrected chi connectivity index (χ2v) is 9.56. The van der Waals surface area contributed by atoms with Gasteiger partial charge in [0.15, 0.2) is 5.69 Å². The van der Waals surface area contributed by atoms with Gasteiger partial charge >= 0.3 is 0 Å².